The van der Waals surface area contributed by atoms with E-state index in [4.69, 9.17) is 11.6 Å². The molecule has 0 fully saturated rings. The highest BCUT2D eigenvalue weighted by Crippen LogP contribution is 2.23. The number of hydrogen-bond donors (Lipinski definition) is 2. The average Bonchev–Trinajstić information content (AvgIpc) is 2.73. The van der Waals surface area contributed by atoms with Crippen LogP contribution in [0.25, 0.3) is 11.3 Å². The molecule has 146 valence electrons. The zero-order valence-corrected chi connectivity index (χ0v) is 17.1. The van der Waals surface area contributed by atoms with Gasteiger partial charge in [0.25, 0.3) is 5.56 Å². The summed E-state index contributed by atoms with van der Waals surface area (Å²) in [6.07, 6.45) is 0. The molecule has 0 radical (unpaired) electrons. The Labute approximate surface area is 177 Å². The number of nitrogens with zero attached hydrogens (tertiary/aromatic N) is 2. The zero-order chi connectivity index (χ0) is 20.8. The molecule has 1 amide bonds. The minimum absolute atomic E-state index is 0.0755. The Hall–Kier alpha value is -3.08. The van der Waals surface area contributed by atoms with Gasteiger partial charge in [-0.1, -0.05) is 65.8 Å². The Morgan fingerprint density at radius 3 is 2.59 bits per heavy atom. The van der Waals surface area contributed by atoms with Crippen LogP contribution in [0.15, 0.2) is 64.5 Å². The molecule has 8 heteroatoms. The second kappa shape index (κ2) is 9.41. The van der Waals surface area contributed by atoms with Crippen molar-refractivity contribution in [3.05, 3.63) is 81.1 Å². The van der Waals surface area contributed by atoms with E-state index in [-0.39, 0.29) is 34.1 Å². The normalized spacial score (nSPS) is 11.5. The highest BCUT2D eigenvalue weighted by molar-refractivity contribution is 7.99. The lowest BCUT2D eigenvalue weighted by atomic mass is 10.1. The quantitative estimate of drug-likeness (QED) is 0.461. The Balaban J connectivity index is 1.74. The molecule has 29 heavy (non-hydrogen) atoms. The van der Waals surface area contributed by atoms with Crippen molar-refractivity contribution >= 4 is 29.3 Å². The van der Waals surface area contributed by atoms with Gasteiger partial charge >= 0.3 is 0 Å². The van der Waals surface area contributed by atoms with E-state index in [2.05, 4.69) is 15.3 Å². The molecular formula is C21H17ClN4O2S. The Bertz CT molecular complexity index is 1110. The Kier molecular flexibility index (Phi) is 6.70. The van der Waals surface area contributed by atoms with E-state index in [9.17, 15) is 14.9 Å². The summed E-state index contributed by atoms with van der Waals surface area (Å²) in [6.45, 7) is 1.90. The van der Waals surface area contributed by atoms with Crippen LogP contribution in [0.2, 0.25) is 5.02 Å². The number of thioether (sulfide) groups is 1. The van der Waals surface area contributed by atoms with Crippen LogP contribution in [0.1, 0.15) is 24.1 Å². The van der Waals surface area contributed by atoms with Crippen molar-refractivity contribution in [2.45, 2.75) is 18.1 Å². The smallest absolute Gasteiger partial charge is 0.270 e. The summed E-state index contributed by atoms with van der Waals surface area (Å²) >= 11 is 7.00. The van der Waals surface area contributed by atoms with Crippen molar-refractivity contribution in [1.82, 2.24) is 15.3 Å². The topological polar surface area (TPSA) is 98.6 Å². The third-order valence-electron chi connectivity index (χ3n) is 4.14. The summed E-state index contributed by atoms with van der Waals surface area (Å²) in [5, 5.41) is 13.0. The molecule has 3 aromatic rings. The molecule has 0 saturated carbocycles. The van der Waals surface area contributed by atoms with Crippen molar-refractivity contribution in [3.63, 3.8) is 0 Å². The van der Waals surface area contributed by atoms with Crippen molar-refractivity contribution in [1.29, 1.82) is 5.26 Å². The minimum atomic E-state index is -0.548. The van der Waals surface area contributed by atoms with E-state index < -0.39 is 5.56 Å². The van der Waals surface area contributed by atoms with Gasteiger partial charge in [0, 0.05) is 10.6 Å². The van der Waals surface area contributed by atoms with E-state index in [1.807, 2.05) is 43.3 Å². The minimum Gasteiger partial charge on any atom is -0.349 e. The lowest BCUT2D eigenvalue weighted by Crippen LogP contribution is -2.28. The van der Waals surface area contributed by atoms with E-state index in [1.54, 1.807) is 24.3 Å². The van der Waals surface area contributed by atoms with E-state index >= 15 is 0 Å². The molecule has 0 bridgehead atoms. The number of halogens is 1. The predicted molar refractivity (Wildman–Crippen MR) is 114 cm³/mol. The molecule has 0 saturated heterocycles. The van der Waals surface area contributed by atoms with Gasteiger partial charge in [-0.25, -0.2) is 4.98 Å². The van der Waals surface area contributed by atoms with Crippen LogP contribution in [0.4, 0.5) is 0 Å². The predicted octanol–water partition coefficient (Wildman–Crippen LogP) is 3.93. The van der Waals surface area contributed by atoms with Crippen molar-refractivity contribution in [2.24, 2.45) is 0 Å². The van der Waals surface area contributed by atoms with Crippen molar-refractivity contribution < 1.29 is 4.79 Å². The molecule has 0 aliphatic heterocycles. The van der Waals surface area contributed by atoms with Gasteiger partial charge in [0.2, 0.25) is 5.91 Å². The second-order valence-corrected chi connectivity index (χ2v) is 7.60. The number of nitriles is 1. The third kappa shape index (κ3) is 5.25. The lowest BCUT2D eigenvalue weighted by molar-refractivity contribution is -0.119. The summed E-state index contributed by atoms with van der Waals surface area (Å²) in [5.74, 6) is -0.113. The van der Waals surface area contributed by atoms with E-state index in [0.29, 0.717) is 10.6 Å². The van der Waals surface area contributed by atoms with E-state index in [1.165, 1.54) is 0 Å². The number of nitrogens with one attached hydrogen (secondary N) is 2. The average molecular weight is 425 g/mol. The first-order valence-electron chi connectivity index (χ1n) is 8.75. The maximum absolute atomic E-state index is 12.3. The van der Waals surface area contributed by atoms with Crippen LogP contribution in [-0.2, 0) is 4.79 Å². The molecule has 1 heterocycles. The zero-order valence-electron chi connectivity index (χ0n) is 15.5. The Morgan fingerprint density at radius 2 is 1.93 bits per heavy atom. The van der Waals surface area contributed by atoms with E-state index in [0.717, 1.165) is 17.3 Å². The van der Waals surface area contributed by atoms with Gasteiger partial charge < -0.3 is 10.3 Å². The van der Waals surface area contributed by atoms with Crippen molar-refractivity contribution in [3.8, 4) is 17.3 Å². The third-order valence-corrected chi connectivity index (χ3v) is 5.27. The number of aromatic amines is 1. The molecular weight excluding hydrogens is 408 g/mol. The maximum Gasteiger partial charge on any atom is 0.270 e. The number of carbonyl (C=O) groups is 1. The summed E-state index contributed by atoms with van der Waals surface area (Å²) in [6, 6.07) is 18.1. The maximum atomic E-state index is 12.3. The van der Waals surface area contributed by atoms with Gasteiger partial charge in [0.05, 0.1) is 17.5 Å². The Morgan fingerprint density at radius 1 is 1.24 bits per heavy atom. The monoisotopic (exact) mass is 424 g/mol. The molecule has 0 aliphatic rings. The summed E-state index contributed by atoms with van der Waals surface area (Å²) in [4.78, 5) is 31.5. The second-order valence-electron chi connectivity index (χ2n) is 6.20. The molecule has 2 N–H and O–H groups in total. The fraction of sp³-hybridized carbons (Fsp3) is 0.143. The van der Waals surface area contributed by atoms with Gasteiger partial charge in [-0.15, -0.1) is 0 Å². The van der Waals surface area contributed by atoms with Crippen LogP contribution in [0.5, 0.6) is 0 Å². The summed E-state index contributed by atoms with van der Waals surface area (Å²) in [7, 11) is 0. The first-order chi connectivity index (χ1) is 14.0. The fourth-order valence-electron chi connectivity index (χ4n) is 2.68. The first-order valence-corrected chi connectivity index (χ1v) is 10.1. The van der Waals surface area contributed by atoms with Crippen LogP contribution < -0.4 is 10.9 Å². The highest BCUT2D eigenvalue weighted by atomic mass is 35.5. The molecule has 3 rings (SSSR count). The molecule has 2 aromatic carbocycles. The van der Waals surface area contributed by atoms with Gasteiger partial charge in [0.1, 0.15) is 11.6 Å². The molecule has 0 aliphatic carbocycles. The first kappa shape index (κ1) is 20.6. The molecule has 0 spiro atoms. The highest BCUT2D eigenvalue weighted by Gasteiger charge is 2.15. The SMILES string of the molecule is CC(NC(=O)CSc1nc(-c2ccc(Cl)cc2)c(C#N)c(=O)[nH]1)c1ccccc1. The number of amides is 1. The van der Waals surface area contributed by atoms with Crippen molar-refractivity contribution in [2.75, 3.05) is 5.75 Å². The van der Waals surface area contributed by atoms with Crippen LogP contribution in [-0.4, -0.2) is 21.6 Å². The molecule has 1 aromatic heterocycles. The number of benzene rings is 2. The van der Waals surface area contributed by atoms with Gasteiger partial charge in [-0.3, -0.25) is 9.59 Å². The van der Waals surface area contributed by atoms with Crippen LogP contribution in [0.3, 0.4) is 0 Å². The lowest BCUT2D eigenvalue weighted by Gasteiger charge is -2.14. The molecule has 1 atom stereocenters. The number of H-pyrrole nitrogens is 1. The van der Waals surface area contributed by atoms with Crippen LogP contribution >= 0.6 is 23.4 Å². The standard InChI is InChI=1S/C21H17ClN4O2S/c1-13(14-5-3-2-4-6-14)24-18(27)12-29-21-25-19(17(11-23)20(28)26-21)15-7-9-16(22)10-8-15/h2-10,13H,12H2,1H3,(H,24,27)(H,25,26,28). The fourth-order valence-corrected chi connectivity index (χ4v) is 3.48. The van der Waals surface area contributed by atoms with Crippen LogP contribution in [0, 0.1) is 11.3 Å². The molecule has 1 unspecified atom stereocenters. The van der Waals surface area contributed by atoms with Gasteiger partial charge in [-0.2, -0.15) is 5.26 Å². The number of aromatic nitrogens is 2. The number of hydrogen-bond acceptors (Lipinski definition) is 5. The van der Waals surface area contributed by atoms with Gasteiger partial charge in [-0.05, 0) is 24.6 Å². The summed E-state index contributed by atoms with van der Waals surface area (Å²) in [5.41, 5.74) is 1.22. The largest absolute Gasteiger partial charge is 0.349 e. The number of rotatable bonds is 6. The molecule has 6 nitrogen and oxygen atoms in total. The van der Waals surface area contributed by atoms with Gasteiger partial charge in [0.15, 0.2) is 5.16 Å². The summed E-state index contributed by atoms with van der Waals surface area (Å²) < 4.78 is 0. The number of carbonyl (C=O) groups excluding carboxylic acids is 1.